The molecule has 3 N–H and O–H groups in total. The fourth-order valence-corrected chi connectivity index (χ4v) is 3.31. The minimum absolute atomic E-state index is 0.113. The molecule has 1 aromatic carbocycles. The summed E-state index contributed by atoms with van der Waals surface area (Å²) in [5.41, 5.74) is 3.15. The van der Waals surface area contributed by atoms with Gasteiger partial charge < -0.3 is 20.1 Å². The number of aromatic amines is 1. The van der Waals surface area contributed by atoms with Crippen LogP contribution in [0.15, 0.2) is 33.9 Å². The van der Waals surface area contributed by atoms with E-state index in [0.29, 0.717) is 23.6 Å². The monoisotopic (exact) mass is 494 g/mol. The maximum absolute atomic E-state index is 13.0. The standard InChI is InChI=1S/C23H31ClN4O6/c1-5-7-13-27(18-19(25)28(12-6-2)22(32)26-20(18)30)17(29)14-33-21(31)23(3,4)34-16-10-8-15(24)9-11-16/h8-11H,5-7,12-14,25H2,1-4H3,(H,26,30,32). The lowest BCUT2D eigenvalue weighted by Gasteiger charge is -2.26. The molecule has 0 spiro atoms. The number of carbonyl (C=O) groups excluding carboxylic acids is 2. The van der Waals surface area contributed by atoms with Crippen LogP contribution in [0.1, 0.15) is 47.0 Å². The number of anilines is 2. The Balaban J connectivity index is 2.22. The minimum atomic E-state index is -1.40. The van der Waals surface area contributed by atoms with Crippen LogP contribution in [0, 0.1) is 0 Å². The van der Waals surface area contributed by atoms with Gasteiger partial charge in [-0.1, -0.05) is 31.9 Å². The van der Waals surface area contributed by atoms with E-state index in [0.717, 1.165) is 11.3 Å². The van der Waals surface area contributed by atoms with Crippen LogP contribution >= 0.6 is 11.6 Å². The smallest absolute Gasteiger partial charge is 0.350 e. The van der Waals surface area contributed by atoms with Crippen molar-refractivity contribution in [3.63, 3.8) is 0 Å². The second-order valence-corrected chi connectivity index (χ2v) is 8.62. The van der Waals surface area contributed by atoms with Gasteiger partial charge in [-0.2, -0.15) is 0 Å². The quantitative estimate of drug-likeness (QED) is 0.458. The topological polar surface area (TPSA) is 137 Å². The molecule has 0 bridgehead atoms. The highest BCUT2D eigenvalue weighted by Crippen LogP contribution is 2.22. The largest absolute Gasteiger partial charge is 0.476 e. The molecular formula is C23H31ClN4O6. The zero-order chi connectivity index (χ0) is 25.5. The van der Waals surface area contributed by atoms with Gasteiger partial charge in [-0.25, -0.2) is 9.59 Å². The number of nitrogens with zero attached hydrogens (tertiary/aromatic N) is 2. The van der Waals surface area contributed by atoms with Gasteiger partial charge in [0.15, 0.2) is 17.9 Å². The summed E-state index contributed by atoms with van der Waals surface area (Å²) in [7, 11) is 0. The summed E-state index contributed by atoms with van der Waals surface area (Å²) in [6, 6.07) is 6.45. The Labute approximate surface area is 202 Å². The maximum Gasteiger partial charge on any atom is 0.350 e. The molecule has 10 nitrogen and oxygen atoms in total. The zero-order valence-electron chi connectivity index (χ0n) is 19.9. The Morgan fingerprint density at radius 2 is 1.79 bits per heavy atom. The average molecular weight is 495 g/mol. The van der Waals surface area contributed by atoms with Crippen molar-refractivity contribution in [3.05, 3.63) is 50.1 Å². The number of H-pyrrole nitrogens is 1. The molecule has 1 heterocycles. The van der Waals surface area contributed by atoms with Crippen molar-refractivity contribution < 1.29 is 19.1 Å². The second kappa shape index (κ2) is 11.7. The first-order chi connectivity index (χ1) is 16.0. The minimum Gasteiger partial charge on any atom is -0.476 e. The van der Waals surface area contributed by atoms with E-state index in [9.17, 15) is 19.2 Å². The highest BCUT2D eigenvalue weighted by molar-refractivity contribution is 6.30. The summed E-state index contributed by atoms with van der Waals surface area (Å²) in [5, 5.41) is 0.519. The number of amides is 1. The third-order valence-electron chi connectivity index (χ3n) is 4.97. The molecule has 2 rings (SSSR count). The first kappa shape index (κ1) is 27.0. The summed E-state index contributed by atoms with van der Waals surface area (Å²) in [4.78, 5) is 53.8. The maximum atomic E-state index is 13.0. The van der Waals surface area contributed by atoms with E-state index in [1.807, 2.05) is 13.8 Å². The third-order valence-corrected chi connectivity index (χ3v) is 5.22. The Bertz CT molecular complexity index is 1120. The fraction of sp³-hybridized carbons (Fsp3) is 0.478. The van der Waals surface area contributed by atoms with Crippen LogP contribution < -0.4 is 26.6 Å². The molecule has 1 amide bonds. The van der Waals surface area contributed by atoms with Crippen molar-refractivity contribution >= 4 is 35.0 Å². The Hall–Kier alpha value is -3.27. The van der Waals surface area contributed by atoms with Crippen LogP contribution in [0.25, 0.3) is 0 Å². The molecule has 0 atom stereocenters. The molecule has 0 fully saturated rings. The highest BCUT2D eigenvalue weighted by atomic mass is 35.5. The molecule has 0 aliphatic carbocycles. The Morgan fingerprint density at radius 3 is 2.38 bits per heavy atom. The number of aromatic nitrogens is 2. The lowest BCUT2D eigenvalue weighted by Crippen LogP contribution is -2.45. The summed E-state index contributed by atoms with van der Waals surface area (Å²) >= 11 is 5.86. The van der Waals surface area contributed by atoms with Gasteiger partial charge in [-0.05, 0) is 51.0 Å². The average Bonchev–Trinajstić information content (AvgIpc) is 2.78. The normalized spacial score (nSPS) is 11.2. The van der Waals surface area contributed by atoms with Crippen molar-refractivity contribution in [1.82, 2.24) is 9.55 Å². The molecule has 0 saturated carbocycles. The lowest BCUT2D eigenvalue weighted by molar-refractivity contribution is -0.161. The van der Waals surface area contributed by atoms with Crippen LogP contribution in [-0.4, -0.2) is 40.2 Å². The second-order valence-electron chi connectivity index (χ2n) is 8.19. The number of nitrogens with two attached hydrogens (primary N) is 1. The molecule has 1 aromatic heterocycles. The molecule has 0 unspecified atom stereocenters. The summed E-state index contributed by atoms with van der Waals surface area (Å²) < 4.78 is 12.1. The third kappa shape index (κ3) is 6.63. The van der Waals surface area contributed by atoms with E-state index in [4.69, 9.17) is 26.8 Å². The fourth-order valence-electron chi connectivity index (χ4n) is 3.18. The lowest BCUT2D eigenvalue weighted by atomic mass is 10.1. The van der Waals surface area contributed by atoms with Gasteiger partial charge in [-0.15, -0.1) is 0 Å². The van der Waals surface area contributed by atoms with Crippen molar-refractivity contribution in [2.24, 2.45) is 0 Å². The predicted molar refractivity (Wildman–Crippen MR) is 130 cm³/mol. The van der Waals surface area contributed by atoms with Crippen molar-refractivity contribution in [2.45, 2.75) is 59.1 Å². The number of carbonyl (C=O) groups is 2. The van der Waals surface area contributed by atoms with Crippen LogP contribution in [0.4, 0.5) is 11.5 Å². The number of halogens is 1. The van der Waals surface area contributed by atoms with E-state index < -0.39 is 35.3 Å². The van der Waals surface area contributed by atoms with Gasteiger partial charge in [-0.3, -0.25) is 19.1 Å². The number of esters is 1. The molecule has 0 radical (unpaired) electrons. The molecule has 186 valence electrons. The van der Waals surface area contributed by atoms with E-state index in [2.05, 4.69) is 4.98 Å². The number of hydrogen-bond acceptors (Lipinski definition) is 7. The van der Waals surface area contributed by atoms with Gasteiger partial charge in [0, 0.05) is 18.1 Å². The molecular weight excluding hydrogens is 464 g/mol. The van der Waals surface area contributed by atoms with E-state index >= 15 is 0 Å². The van der Waals surface area contributed by atoms with Crippen molar-refractivity contribution in [2.75, 3.05) is 23.8 Å². The van der Waals surface area contributed by atoms with Gasteiger partial charge >= 0.3 is 11.7 Å². The zero-order valence-corrected chi connectivity index (χ0v) is 20.6. The Morgan fingerprint density at radius 1 is 1.15 bits per heavy atom. The molecule has 0 aliphatic heterocycles. The van der Waals surface area contributed by atoms with Crippen molar-refractivity contribution in [3.8, 4) is 5.75 Å². The first-order valence-electron chi connectivity index (χ1n) is 11.1. The van der Waals surface area contributed by atoms with Crippen LogP contribution in [-0.2, 0) is 20.9 Å². The van der Waals surface area contributed by atoms with E-state index in [-0.39, 0.29) is 24.6 Å². The SMILES string of the molecule is CCCCN(C(=O)COC(=O)C(C)(C)Oc1ccc(Cl)cc1)c1c(N)n(CCC)c(=O)[nH]c1=O. The van der Waals surface area contributed by atoms with Gasteiger partial charge in [0.05, 0.1) is 0 Å². The predicted octanol–water partition coefficient (Wildman–Crippen LogP) is 2.72. The van der Waals surface area contributed by atoms with Gasteiger partial charge in [0.25, 0.3) is 11.5 Å². The van der Waals surface area contributed by atoms with Crippen LogP contribution in [0.5, 0.6) is 5.75 Å². The summed E-state index contributed by atoms with van der Waals surface area (Å²) in [5.74, 6) is -1.13. The summed E-state index contributed by atoms with van der Waals surface area (Å²) in [6.07, 6.45) is 1.90. The molecule has 34 heavy (non-hydrogen) atoms. The van der Waals surface area contributed by atoms with E-state index in [1.165, 1.54) is 18.4 Å². The Kier molecular flexibility index (Phi) is 9.31. The van der Waals surface area contributed by atoms with Gasteiger partial charge in [0.2, 0.25) is 0 Å². The van der Waals surface area contributed by atoms with Crippen LogP contribution in [0.2, 0.25) is 5.02 Å². The number of rotatable bonds is 11. The van der Waals surface area contributed by atoms with Crippen LogP contribution in [0.3, 0.4) is 0 Å². The first-order valence-corrected chi connectivity index (χ1v) is 11.4. The molecule has 0 aliphatic rings. The van der Waals surface area contributed by atoms with Gasteiger partial charge in [0.1, 0.15) is 11.6 Å². The molecule has 0 saturated heterocycles. The molecule has 2 aromatic rings. The number of benzene rings is 1. The highest BCUT2D eigenvalue weighted by Gasteiger charge is 2.33. The molecule has 11 heteroatoms. The number of unbranched alkanes of at least 4 members (excludes halogenated alkanes) is 1. The van der Waals surface area contributed by atoms with Crippen molar-refractivity contribution in [1.29, 1.82) is 0 Å². The van der Waals surface area contributed by atoms with E-state index in [1.54, 1.807) is 24.3 Å². The number of nitrogen functional groups attached to an aromatic ring is 1. The summed E-state index contributed by atoms with van der Waals surface area (Å²) in [6.45, 7) is 6.58. The number of hydrogen-bond donors (Lipinski definition) is 2. The number of ether oxygens (including phenoxy) is 2. The number of nitrogens with one attached hydrogen (secondary N) is 1.